The van der Waals surface area contributed by atoms with Crippen LogP contribution in [0.3, 0.4) is 0 Å². The highest BCUT2D eigenvalue weighted by Gasteiger charge is 2.22. The Morgan fingerprint density at radius 3 is 2.68 bits per heavy atom. The van der Waals surface area contributed by atoms with Crippen molar-refractivity contribution in [3.05, 3.63) is 29.3 Å². The van der Waals surface area contributed by atoms with Crippen molar-refractivity contribution in [2.45, 2.75) is 13.3 Å². The van der Waals surface area contributed by atoms with Crippen molar-refractivity contribution < 1.29 is 14.3 Å². The number of rotatable bonds is 2. The molecule has 6 nitrogen and oxygen atoms in total. The lowest BCUT2D eigenvalue weighted by Gasteiger charge is -2.22. The van der Waals surface area contributed by atoms with Crippen molar-refractivity contribution in [1.82, 2.24) is 9.80 Å². The van der Waals surface area contributed by atoms with Crippen LogP contribution in [-0.2, 0) is 4.74 Å². The molecular formula is C15H20ClN3O3. The second kappa shape index (κ2) is 7.89. The second-order valence-electron chi connectivity index (χ2n) is 4.97. The lowest BCUT2D eigenvalue weighted by atomic mass is 10.3. The Bertz CT molecular complexity index is 539. The molecule has 0 atom stereocenters. The summed E-state index contributed by atoms with van der Waals surface area (Å²) in [5, 5.41) is 3.39. The molecule has 1 saturated heterocycles. The smallest absolute Gasteiger partial charge is 0.409 e. The van der Waals surface area contributed by atoms with Crippen LogP contribution < -0.4 is 5.32 Å². The van der Waals surface area contributed by atoms with Gasteiger partial charge in [-0.15, -0.1) is 0 Å². The average molecular weight is 326 g/mol. The van der Waals surface area contributed by atoms with Crippen LogP contribution in [0.4, 0.5) is 15.3 Å². The lowest BCUT2D eigenvalue weighted by Crippen LogP contribution is -2.39. The van der Waals surface area contributed by atoms with Gasteiger partial charge in [-0.05, 0) is 31.5 Å². The van der Waals surface area contributed by atoms with Crippen LogP contribution in [0.15, 0.2) is 24.3 Å². The first-order chi connectivity index (χ1) is 10.6. The van der Waals surface area contributed by atoms with Gasteiger partial charge in [-0.25, -0.2) is 9.59 Å². The molecule has 1 aromatic carbocycles. The van der Waals surface area contributed by atoms with E-state index < -0.39 is 0 Å². The van der Waals surface area contributed by atoms with Gasteiger partial charge in [-0.1, -0.05) is 17.7 Å². The first-order valence-corrected chi connectivity index (χ1v) is 7.71. The summed E-state index contributed by atoms with van der Waals surface area (Å²) in [6.07, 6.45) is 0.404. The minimum atomic E-state index is -0.320. The summed E-state index contributed by atoms with van der Waals surface area (Å²) in [5.41, 5.74) is 0.656. The number of anilines is 1. The zero-order valence-corrected chi connectivity index (χ0v) is 13.3. The number of hydrogen-bond donors (Lipinski definition) is 1. The number of urea groups is 1. The van der Waals surface area contributed by atoms with E-state index in [9.17, 15) is 9.59 Å². The highest BCUT2D eigenvalue weighted by atomic mass is 35.5. The monoisotopic (exact) mass is 325 g/mol. The maximum absolute atomic E-state index is 12.3. The summed E-state index contributed by atoms with van der Waals surface area (Å²) in [5.74, 6) is 0. The second-order valence-corrected chi connectivity index (χ2v) is 5.40. The fraction of sp³-hybridized carbons (Fsp3) is 0.467. The van der Waals surface area contributed by atoms with Gasteiger partial charge in [0.15, 0.2) is 0 Å². The molecule has 0 unspecified atom stereocenters. The number of carbonyl (C=O) groups is 2. The van der Waals surface area contributed by atoms with Gasteiger partial charge < -0.3 is 19.9 Å². The molecule has 2 rings (SSSR count). The Balaban J connectivity index is 1.90. The molecule has 0 spiro atoms. The van der Waals surface area contributed by atoms with E-state index in [0.717, 1.165) is 6.42 Å². The predicted molar refractivity (Wildman–Crippen MR) is 85.3 cm³/mol. The van der Waals surface area contributed by atoms with Gasteiger partial charge in [-0.3, -0.25) is 0 Å². The molecule has 1 heterocycles. The highest BCUT2D eigenvalue weighted by molar-refractivity contribution is 6.30. The van der Waals surface area contributed by atoms with Crippen molar-refractivity contribution in [3.63, 3.8) is 0 Å². The predicted octanol–water partition coefficient (Wildman–Crippen LogP) is 3.04. The first kappa shape index (κ1) is 16.4. The Morgan fingerprint density at radius 2 is 1.95 bits per heavy atom. The molecule has 0 bridgehead atoms. The largest absolute Gasteiger partial charge is 0.450 e. The van der Waals surface area contributed by atoms with Crippen LogP contribution in [0.2, 0.25) is 5.02 Å². The van der Waals surface area contributed by atoms with Gasteiger partial charge in [0.2, 0.25) is 0 Å². The molecule has 0 saturated carbocycles. The molecule has 3 amide bonds. The molecular weight excluding hydrogens is 306 g/mol. The minimum absolute atomic E-state index is 0.187. The van der Waals surface area contributed by atoms with Crippen molar-refractivity contribution >= 4 is 29.4 Å². The zero-order chi connectivity index (χ0) is 15.9. The van der Waals surface area contributed by atoms with E-state index in [4.69, 9.17) is 16.3 Å². The molecule has 1 aromatic rings. The van der Waals surface area contributed by atoms with E-state index in [0.29, 0.717) is 43.5 Å². The third kappa shape index (κ3) is 4.53. The summed E-state index contributed by atoms with van der Waals surface area (Å²) < 4.78 is 4.99. The standard InChI is InChI=1S/C15H20ClN3O3/c1-2-22-15(21)19-8-4-7-18(9-10-19)14(20)17-13-6-3-5-12(16)11-13/h3,5-6,11H,2,4,7-10H2,1H3,(H,17,20). The molecule has 0 aliphatic carbocycles. The van der Waals surface area contributed by atoms with Gasteiger partial charge in [0.25, 0.3) is 0 Å². The molecule has 1 aliphatic rings. The number of halogens is 1. The van der Waals surface area contributed by atoms with Crippen LogP contribution in [0.25, 0.3) is 0 Å². The van der Waals surface area contributed by atoms with Gasteiger partial charge in [-0.2, -0.15) is 0 Å². The SMILES string of the molecule is CCOC(=O)N1CCCN(C(=O)Nc2cccc(Cl)c2)CC1. The van der Waals surface area contributed by atoms with Gasteiger partial charge in [0, 0.05) is 36.9 Å². The van der Waals surface area contributed by atoms with Gasteiger partial charge in [0.05, 0.1) is 6.61 Å². The number of amides is 3. The Morgan fingerprint density at radius 1 is 1.23 bits per heavy atom. The van der Waals surface area contributed by atoms with Crippen molar-refractivity contribution in [2.24, 2.45) is 0 Å². The molecule has 22 heavy (non-hydrogen) atoms. The normalized spacial score (nSPS) is 15.2. The summed E-state index contributed by atoms with van der Waals surface area (Å²) >= 11 is 5.90. The Kier molecular flexibility index (Phi) is 5.89. The number of nitrogens with zero attached hydrogens (tertiary/aromatic N) is 2. The van der Waals surface area contributed by atoms with Gasteiger partial charge in [0.1, 0.15) is 0 Å². The van der Waals surface area contributed by atoms with Crippen LogP contribution >= 0.6 is 11.6 Å². The highest BCUT2D eigenvalue weighted by Crippen LogP contribution is 2.16. The Labute approximate surface area is 135 Å². The molecule has 0 radical (unpaired) electrons. The van der Waals surface area contributed by atoms with E-state index in [2.05, 4.69) is 5.32 Å². The van der Waals surface area contributed by atoms with Crippen LogP contribution in [-0.4, -0.2) is 54.7 Å². The molecule has 120 valence electrons. The molecule has 7 heteroatoms. The number of benzene rings is 1. The third-order valence-electron chi connectivity index (χ3n) is 3.39. The molecule has 1 N–H and O–H groups in total. The van der Waals surface area contributed by atoms with Crippen LogP contribution in [0.5, 0.6) is 0 Å². The van der Waals surface area contributed by atoms with Gasteiger partial charge >= 0.3 is 12.1 Å². The number of hydrogen-bond acceptors (Lipinski definition) is 3. The Hall–Kier alpha value is -1.95. The molecule has 1 aliphatic heterocycles. The van der Waals surface area contributed by atoms with E-state index in [1.807, 2.05) is 0 Å². The summed E-state index contributed by atoms with van der Waals surface area (Å²) in [4.78, 5) is 27.3. The van der Waals surface area contributed by atoms with E-state index in [-0.39, 0.29) is 12.1 Å². The maximum atomic E-state index is 12.3. The summed E-state index contributed by atoms with van der Waals surface area (Å²) in [6.45, 7) is 4.28. The topological polar surface area (TPSA) is 61.9 Å². The average Bonchev–Trinajstić information content (AvgIpc) is 2.73. The first-order valence-electron chi connectivity index (χ1n) is 7.33. The molecule has 1 fully saturated rings. The van der Waals surface area contributed by atoms with E-state index in [1.165, 1.54) is 0 Å². The third-order valence-corrected chi connectivity index (χ3v) is 3.62. The van der Waals surface area contributed by atoms with Crippen molar-refractivity contribution in [2.75, 3.05) is 38.1 Å². The van der Waals surface area contributed by atoms with Crippen LogP contribution in [0.1, 0.15) is 13.3 Å². The quantitative estimate of drug-likeness (QED) is 0.909. The summed E-state index contributed by atoms with van der Waals surface area (Å²) in [6, 6.07) is 6.82. The fourth-order valence-corrected chi connectivity index (χ4v) is 2.48. The van der Waals surface area contributed by atoms with E-state index >= 15 is 0 Å². The van der Waals surface area contributed by atoms with Crippen LogP contribution in [0, 0.1) is 0 Å². The minimum Gasteiger partial charge on any atom is -0.450 e. The number of carbonyl (C=O) groups excluding carboxylic acids is 2. The number of nitrogens with one attached hydrogen (secondary N) is 1. The van der Waals surface area contributed by atoms with E-state index in [1.54, 1.807) is 41.0 Å². The van der Waals surface area contributed by atoms with Crippen molar-refractivity contribution in [1.29, 1.82) is 0 Å². The lowest BCUT2D eigenvalue weighted by molar-refractivity contribution is 0.109. The fourth-order valence-electron chi connectivity index (χ4n) is 2.29. The zero-order valence-electron chi connectivity index (χ0n) is 12.5. The number of ether oxygens (including phenoxy) is 1. The molecule has 0 aromatic heterocycles. The maximum Gasteiger partial charge on any atom is 0.409 e. The summed E-state index contributed by atoms with van der Waals surface area (Å²) in [7, 11) is 0. The van der Waals surface area contributed by atoms with Crippen molar-refractivity contribution in [3.8, 4) is 0 Å².